The molecular weight excluding hydrogens is 500 g/mol. The summed E-state index contributed by atoms with van der Waals surface area (Å²) in [6.07, 6.45) is 0. The molecule has 22 heteroatoms. The van der Waals surface area contributed by atoms with E-state index in [2.05, 4.69) is 29.9 Å². The van der Waals surface area contributed by atoms with E-state index < -0.39 is 31.3 Å². The van der Waals surface area contributed by atoms with Crippen molar-refractivity contribution in [1.29, 1.82) is 0 Å². The number of piperazine rings is 2. The maximum Gasteiger partial charge on any atom is 0.271 e. The summed E-state index contributed by atoms with van der Waals surface area (Å²) in [5.41, 5.74) is 0. The Morgan fingerprint density at radius 2 is 0.600 bits per heavy atom. The zero-order valence-electron chi connectivity index (χ0n) is 15.6. The molecule has 2 heterocycles. The van der Waals surface area contributed by atoms with Crippen molar-refractivity contribution in [3.63, 3.8) is 0 Å². The van der Waals surface area contributed by atoms with Crippen LogP contribution in [-0.4, -0.2) is 71.9 Å². The molecular formula is C8H28N4O14P4. The molecule has 4 unspecified atom stereocenters. The number of nitrogens with two attached hydrogens (primary N) is 4. The van der Waals surface area contributed by atoms with E-state index in [1.165, 1.54) is 52.4 Å². The SMILES string of the molecule is C1C[NH2+]CC[NH2+]1.C1C[NH2+]CC[NH2+]1.O=P([O-])(O)OP(=O)([O-])O.O=P([O-])(O)OP(=O)([O-])O. The fourth-order valence-electron chi connectivity index (χ4n) is 1.78. The molecule has 18 nitrogen and oxygen atoms in total. The summed E-state index contributed by atoms with van der Waals surface area (Å²) in [6.45, 7) is 10.6. The summed E-state index contributed by atoms with van der Waals surface area (Å²) >= 11 is 0. The summed E-state index contributed by atoms with van der Waals surface area (Å²) < 4.78 is 43.4. The van der Waals surface area contributed by atoms with E-state index in [1.54, 1.807) is 0 Å². The van der Waals surface area contributed by atoms with Crippen LogP contribution in [0.1, 0.15) is 0 Å². The Morgan fingerprint density at radius 3 is 0.633 bits per heavy atom. The van der Waals surface area contributed by atoms with Crippen molar-refractivity contribution in [2.45, 2.75) is 0 Å². The molecule has 0 radical (unpaired) electrons. The van der Waals surface area contributed by atoms with Crippen molar-refractivity contribution in [2.75, 3.05) is 52.4 Å². The van der Waals surface area contributed by atoms with Gasteiger partial charge >= 0.3 is 0 Å². The highest BCUT2D eigenvalue weighted by Gasteiger charge is 2.11. The van der Waals surface area contributed by atoms with Gasteiger partial charge in [0.05, 0.1) is 0 Å². The Morgan fingerprint density at radius 1 is 0.467 bits per heavy atom. The highest BCUT2D eigenvalue weighted by atomic mass is 31.3. The van der Waals surface area contributed by atoms with Crippen LogP contribution in [0.2, 0.25) is 0 Å². The van der Waals surface area contributed by atoms with Gasteiger partial charge in [-0.2, -0.15) is 0 Å². The van der Waals surface area contributed by atoms with Crippen LogP contribution in [0.15, 0.2) is 0 Å². The minimum atomic E-state index is -5.36. The van der Waals surface area contributed by atoms with Gasteiger partial charge in [0.2, 0.25) is 0 Å². The first-order chi connectivity index (χ1) is 13.4. The average Bonchev–Trinajstić information content (AvgIpc) is 2.53. The second kappa shape index (κ2) is 16.0. The summed E-state index contributed by atoms with van der Waals surface area (Å²) in [4.78, 5) is 68.3. The Hall–Kier alpha value is 0.360. The molecule has 0 bridgehead atoms. The minimum Gasteiger partial charge on any atom is -0.756 e. The fraction of sp³-hybridized carbons (Fsp3) is 1.00. The van der Waals surface area contributed by atoms with Crippen LogP contribution >= 0.6 is 31.3 Å². The number of hydrogen-bond acceptors (Lipinski definition) is 10. The smallest absolute Gasteiger partial charge is 0.271 e. The summed E-state index contributed by atoms with van der Waals surface area (Å²) in [5.74, 6) is 0. The molecule has 12 N–H and O–H groups in total. The third-order valence-electron chi connectivity index (χ3n) is 2.71. The maximum absolute atomic E-state index is 9.48. The number of rotatable bonds is 4. The van der Waals surface area contributed by atoms with E-state index >= 15 is 0 Å². The van der Waals surface area contributed by atoms with Crippen molar-refractivity contribution >= 4 is 31.3 Å². The second-order valence-corrected chi connectivity index (χ2v) is 10.6. The van der Waals surface area contributed by atoms with E-state index in [0.29, 0.717) is 0 Å². The van der Waals surface area contributed by atoms with Gasteiger partial charge in [-0.05, 0) is 0 Å². The molecule has 0 spiro atoms. The van der Waals surface area contributed by atoms with Crippen LogP contribution < -0.4 is 40.8 Å². The van der Waals surface area contributed by atoms with Crippen LogP contribution in [0.25, 0.3) is 0 Å². The third-order valence-corrected chi connectivity index (χ3v) is 6.01. The molecule has 184 valence electrons. The molecule has 2 saturated heterocycles. The van der Waals surface area contributed by atoms with E-state index in [1.807, 2.05) is 0 Å². The van der Waals surface area contributed by atoms with Crippen LogP contribution in [0, 0.1) is 0 Å². The van der Waals surface area contributed by atoms with E-state index in [0.717, 1.165) is 0 Å². The van der Waals surface area contributed by atoms with Crippen LogP contribution in [0.5, 0.6) is 0 Å². The lowest BCUT2D eigenvalue weighted by atomic mass is 10.4. The fourth-order valence-corrected chi connectivity index (χ4v) is 3.87. The summed E-state index contributed by atoms with van der Waals surface area (Å²) in [6, 6.07) is 0. The number of quaternary nitrogens is 4. The summed E-state index contributed by atoms with van der Waals surface area (Å²) in [5, 5.41) is 9.44. The first-order valence-corrected chi connectivity index (χ1v) is 14.2. The lowest BCUT2D eigenvalue weighted by molar-refractivity contribution is -0.787. The van der Waals surface area contributed by atoms with E-state index in [4.69, 9.17) is 19.6 Å². The Kier molecular flexibility index (Phi) is 17.4. The number of phosphoric acid groups is 4. The zero-order chi connectivity index (χ0) is 23.9. The topological polar surface area (TPSA) is 326 Å². The molecule has 0 saturated carbocycles. The van der Waals surface area contributed by atoms with Crippen LogP contribution in [0.3, 0.4) is 0 Å². The first kappa shape index (κ1) is 32.5. The summed E-state index contributed by atoms with van der Waals surface area (Å²) in [7, 11) is -21.5. The molecule has 4 atom stereocenters. The Bertz CT molecular complexity index is 502. The largest absolute Gasteiger partial charge is 0.756 e. The molecule has 0 aromatic heterocycles. The van der Waals surface area contributed by atoms with Gasteiger partial charge in [-0.1, -0.05) is 0 Å². The molecule has 2 aliphatic heterocycles. The molecule has 2 rings (SSSR count). The maximum atomic E-state index is 9.48. The van der Waals surface area contributed by atoms with Gasteiger partial charge in [-0.3, -0.25) is 18.3 Å². The molecule has 0 aliphatic carbocycles. The van der Waals surface area contributed by atoms with Crippen molar-refractivity contribution in [3.05, 3.63) is 0 Å². The van der Waals surface area contributed by atoms with Gasteiger partial charge in [-0.25, -0.2) is 8.62 Å². The van der Waals surface area contributed by atoms with Crippen LogP contribution in [0.4, 0.5) is 0 Å². The molecule has 0 aromatic rings. The highest BCUT2D eigenvalue weighted by molar-refractivity contribution is 7.59. The van der Waals surface area contributed by atoms with E-state index in [-0.39, 0.29) is 0 Å². The predicted molar refractivity (Wildman–Crippen MR) is 88.1 cm³/mol. The van der Waals surface area contributed by atoms with Gasteiger partial charge in [0, 0.05) is 0 Å². The van der Waals surface area contributed by atoms with E-state index in [9.17, 15) is 37.8 Å². The van der Waals surface area contributed by atoms with Crippen molar-refractivity contribution in [2.24, 2.45) is 0 Å². The van der Waals surface area contributed by atoms with Gasteiger partial charge in [0.15, 0.2) is 0 Å². The van der Waals surface area contributed by atoms with Crippen molar-refractivity contribution in [3.8, 4) is 0 Å². The third kappa shape index (κ3) is 35.8. The second-order valence-electron chi connectivity index (χ2n) is 5.50. The lowest BCUT2D eigenvalue weighted by Gasteiger charge is -2.22. The standard InChI is InChI=1S/2C4H10N2.2H4O7P2/c2*1-2-6-4-3-5-1;2*1-8(2,3)7-9(4,5)6/h2*5-6H,1-4H2;2*(H2,1,2,3)(H2,4,5,6). The van der Waals surface area contributed by atoms with Gasteiger partial charge in [0.1, 0.15) is 52.4 Å². The molecule has 2 aliphatic rings. The van der Waals surface area contributed by atoms with Crippen molar-refractivity contribution < 1.29 is 87.3 Å². The Labute approximate surface area is 171 Å². The van der Waals surface area contributed by atoms with Gasteiger partial charge in [-0.15, -0.1) is 0 Å². The average molecular weight is 528 g/mol. The molecule has 30 heavy (non-hydrogen) atoms. The predicted octanol–water partition coefficient (Wildman–Crippen LogP) is -9.90. The monoisotopic (exact) mass is 528 g/mol. The Balaban J connectivity index is 0. The van der Waals surface area contributed by atoms with Gasteiger partial charge in [0.25, 0.3) is 31.3 Å². The molecule has 2 fully saturated rings. The first-order valence-electron chi connectivity index (χ1n) is 8.26. The zero-order valence-corrected chi connectivity index (χ0v) is 19.2. The minimum absolute atomic E-state index is 1.32. The van der Waals surface area contributed by atoms with Crippen LogP contribution in [-0.2, 0) is 26.9 Å². The normalized spacial score (nSPS) is 24.3. The molecule has 0 aromatic carbocycles. The quantitative estimate of drug-likeness (QED) is 0.157. The molecule has 0 amide bonds. The highest BCUT2D eigenvalue weighted by Crippen LogP contribution is 2.49. The lowest BCUT2D eigenvalue weighted by Crippen LogP contribution is -3.04. The van der Waals surface area contributed by atoms with Crippen molar-refractivity contribution in [1.82, 2.24) is 0 Å². The number of hydrogen-bond donors (Lipinski definition) is 8. The van der Waals surface area contributed by atoms with Gasteiger partial charge < -0.3 is 60.4 Å².